The number of aliphatic hydroxyl groups is 6. The highest BCUT2D eigenvalue weighted by Gasteiger charge is 2.48. The molecule has 0 unspecified atom stereocenters. The van der Waals surface area contributed by atoms with Crippen LogP contribution in [0, 0.1) is 5.92 Å². The summed E-state index contributed by atoms with van der Waals surface area (Å²) in [5, 5.41) is 64.3. The Morgan fingerprint density at radius 2 is 1.74 bits per heavy atom. The van der Waals surface area contributed by atoms with Crippen LogP contribution in [0.3, 0.4) is 0 Å². The van der Waals surface area contributed by atoms with Crippen molar-refractivity contribution < 1.29 is 68.8 Å². The first kappa shape index (κ1) is 41.9. The normalized spacial score (nSPS) is 26.3. The van der Waals surface area contributed by atoms with E-state index in [1.807, 2.05) is 0 Å². The van der Waals surface area contributed by atoms with E-state index >= 15 is 0 Å². The summed E-state index contributed by atoms with van der Waals surface area (Å²) in [5.41, 5.74) is 6.97. The molecule has 3 aromatic carbocycles. The topological polar surface area (TPSA) is 293 Å². The molecule has 19 nitrogen and oxygen atoms in total. The number of amidine groups is 1. The number of carbonyl (C=O) groups is 4. The number of hydrogen-bond acceptors (Lipinski definition) is 18. The van der Waals surface area contributed by atoms with Gasteiger partial charge >= 0.3 is 5.91 Å². The largest absolute Gasteiger partial charge is 0.486 e. The van der Waals surface area contributed by atoms with Crippen LogP contribution in [0.5, 0.6) is 11.5 Å². The number of guanidine groups is 1. The van der Waals surface area contributed by atoms with Crippen LogP contribution in [0.15, 0.2) is 63.5 Å². The summed E-state index contributed by atoms with van der Waals surface area (Å²) in [5.74, 6) is -4.34. The molecule has 320 valence electrons. The number of para-hydroxylation sites is 1. The quantitative estimate of drug-likeness (QED) is 0.0936. The molecule has 0 aromatic heterocycles. The molecule has 0 radical (unpaired) electrons. The standard InChI is InChI=1S/C42H43N5O14/c43-42-45-39-31(40(57)46-42)44-18-47(39)27-6-2-1-5-23(27)29-20(4-3-10-48)15-58-17-28-34(54)35(55)36(56)41(60-28)61-37-26(29)13-25-30(38(37)59-16-21(51)9-11-49)33(53)24-12-19(14-50)7-8-22(24)32(25)52/h1-2,5-8,11-13,20-21,28-29,34-36,41,48,50-51,54-56H,3-4,9-10,14-18H2,(H2,43,46,57)/t20-,21+,28-,29-,34-,35+,36-,41+/m0/s1. The Morgan fingerprint density at radius 1 is 0.934 bits per heavy atom. The number of rotatable bonds is 11. The van der Waals surface area contributed by atoms with E-state index in [-0.39, 0.29) is 103 Å². The lowest BCUT2D eigenvalue weighted by molar-refractivity contribution is -0.280. The zero-order chi connectivity index (χ0) is 43.1. The molecule has 1 fully saturated rings. The number of aldehydes is 1. The molecule has 5 aliphatic rings. The first-order valence-electron chi connectivity index (χ1n) is 19.7. The fraction of sp³-hybridized carbons (Fsp3) is 0.405. The number of carbonyl (C=O) groups excluding carboxylic acids is 4. The minimum absolute atomic E-state index is 0.0170. The average Bonchev–Trinajstić information content (AvgIpc) is 3.67. The molecule has 8 rings (SSSR count). The van der Waals surface area contributed by atoms with Gasteiger partial charge in [0.2, 0.25) is 12.2 Å². The lowest BCUT2D eigenvalue weighted by Crippen LogP contribution is -2.60. The van der Waals surface area contributed by atoms with Crippen molar-refractivity contribution in [3.63, 3.8) is 0 Å². The highest BCUT2D eigenvalue weighted by Crippen LogP contribution is 2.51. The molecule has 0 saturated carbocycles. The zero-order valence-corrected chi connectivity index (χ0v) is 32.5. The number of anilines is 1. The van der Waals surface area contributed by atoms with Gasteiger partial charge in [0.1, 0.15) is 44.0 Å². The summed E-state index contributed by atoms with van der Waals surface area (Å²) in [6.45, 7) is -1.70. The first-order valence-corrected chi connectivity index (χ1v) is 19.7. The summed E-state index contributed by atoms with van der Waals surface area (Å²) in [4.78, 5) is 67.8. The monoisotopic (exact) mass is 841 g/mol. The van der Waals surface area contributed by atoms with Gasteiger partial charge in [-0.1, -0.05) is 24.3 Å². The molecule has 8 N–H and O–H groups in total. The Bertz CT molecular complexity index is 2370. The van der Waals surface area contributed by atoms with Crippen molar-refractivity contribution in [2.45, 2.75) is 68.6 Å². The number of nitrogens with two attached hydrogens (primary N) is 1. The van der Waals surface area contributed by atoms with Gasteiger partial charge in [0.25, 0.3) is 0 Å². The average molecular weight is 842 g/mol. The van der Waals surface area contributed by atoms with Crippen molar-refractivity contribution in [3.8, 4) is 11.5 Å². The number of aliphatic hydroxyl groups excluding tert-OH is 6. The Balaban J connectivity index is 1.42. The van der Waals surface area contributed by atoms with Crippen LogP contribution in [0.25, 0.3) is 0 Å². The SMILES string of the molecule is NC1=NC(=O)C2=NCN(c3ccccc3[C@H]3c4cc5c(c(OC[C@H](O)CC=O)c4O[C@H]4O[C@@H](COC[C@@H]3CCCO)[C@H](O)[C@@H](O)[C@@H]4O)C(=O)c3cc(CO)ccc3C5=O)C2=N1. The number of benzene rings is 3. The fourth-order valence-electron chi connectivity index (χ4n) is 8.41. The van der Waals surface area contributed by atoms with Gasteiger partial charge in [-0.25, -0.2) is 0 Å². The van der Waals surface area contributed by atoms with E-state index < -0.39 is 79.3 Å². The van der Waals surface area contributed by atoms with Crippen LogP contribution < -0.4 is 20.1 Å². The van der Waals surface area contributed by atoms with Crippen molar-refractivity contribution in [2.75, 3.05) is 38.0 Å². The third kappa shape index (κ3) is 7.63. The number of amides is 1. The van der Waals surface area contributed by atoms with Gasteiger partial charge < -0.3 is 65.0 Å². The summed E-state index contributed by atoms with van der Waals surface area (Å²) >= 11 is 0. The Kier molecular flexibility index (Phi) is 11.9. The third-order valence-electron chi connectivity index (χ3n) is 11.4. The first-order chi connectivity index (χ1) is 29.4. The van der Waals surface area contributed by atoms with Crippen LogP contribution >= 0.6 is 0 Å². The van der Waals surface area contributed by atoms with Crippen molar-refractivity contribution in [3.05, 3.63) is 87.5 Å². The summed E-state index contributed by atoms with van der Waals surface area (Å²) in [6.07, 6.45) is -9.08. The Labute approximate surface area is 347 Å². The molecule has 19 heteroatoms. The molecule has 4 heterocycles. The molecule has 61 heavy (non-hydrogen) atoms. The number of hydrogen-bond donors (Lipinski definition) is 7. The van der Waals surface area contributed by atoms with E-state index in [0.717, 1.165) is 0 Å². The van der Waals surface area contributed by atoms with Gasteiger partial charge in [0.15, 0.2) is 34.6 Å². The molecule has 4 aliphatic heterocycles. The number of ether oxygens (including phenoxy) is 4. The predicted molar refractivity (Wildman–Crippen MR) is 213 cm³/mol. The molecule has 2 bridgehead atoms. The second-order valence-corrected chi connectivity index (χ2v) is 15.2. The van der Waals surface area contributed by atoms with E-state index in [4.69, 9.17) is 24.7 Å². The highest BCUT2D eigenvalue weighted by molar-refractivity contribution is 6.72. The van der Waals surface area contributed by atoms with E-state index in [1.54, 1.807) is 29.2 Å². The molecule has 3 aromatic rings. The minimum Gasteiger partial charge on any atom is -0.486 e. The van der Waals surface area contributed by atoms with E-state index in [9.17, 15) is 49.8 Å². The summed E-state index contributed by atoms with van der Waals surface area (Å²) in [6, 6.07) is 12.8. The van der Waals surface area contributed by atoms with Crippen molar-refractivity contribution in [2.24, 2.45) is 26.6 Å². The number of fused-ring (bicyclic) bond motifs is 6. The lowest BCUT2D eigenvalue weighted by Gasteiger charge is -2.40. The van der Waals surface area contributed by atoms with Crippen molar-refractivity contribution in [1.29, 1.82) is 0 Å². The number of nitrogens with zero attached hydrogens (tertiary/aromatic N) is 4. The van der Waals surface area contributed by atoms with Crippen LogP contribution in [0.1, 0.15) is 73.7 Å². The summed E-state index contributed by atoms with van der Waals surface area (Å²) in [7, 11) is 0. The van der Waals surface area contributed by atoms with Crippen LogP contribution in [-0.2, 0) is 25.7 Å². The van der Waals surface area contributed by atoms with Gasteiger partial charge in [-0.15, -0.1) is 0 Å². The van der Waals surface area contributed by atoms with Crippen LogP contribution in [0.4, 0.5) is 5.69 Å². The fourth-order valence-corrected chi connectivity index (χ4v) is 8.41. The molecule has 0 spiro atoms. The molecular weight excluding hydrogens is 798 g/mol. The second-order valence-electron chi connectivity index (χ2n) is 15.2. The van der Waals surface area contributed by atoms with Crippen molar-refractivity contribution in [1.82, 2.24) is 0 Å². The third-order valence-corrected chi connectivity index (χ3v) is 11.4. The molecule has 1 amide bonds. The zero-order valence-electron chi connectivity index (χ0n) is 32.5. The predicted octanol–water partition coefficient (Wildman–Crippen LogP) is -0.508. The van der Waals surface area contributed by atoms with Crippen molar-refractivity contribution >= 4 is 47.0 Å². The maximum absolute atomic E-state index is 14.7. The summed E-state index contributed by atoms with van der Waals surface area (Å²) < 4.78 is 25.1. The van der Waals surface area contributed by atoms with E-state index in [0.29, 0.717) is 23.1 Å². The van der Waals surface area contributed by atoms with Gasteiger partial charge in [-0.05, 0) is 54.2 Å². The Morgan fingerprint density at radius 3 is 2.51 bits per heavy atom. The smallest absolute Gasteiger partial charge is 0.302 e. The second kappa shape index (κ2) is 17.3. The maximum Gasteiger partial charge on any atom is 0.302 e. The van der Waals surface area contributed by atoms with Gasteiger partial charge in [-0.3, -0.25) is 19.4 Å². The van der Waals surface area contributed by atoms with Gasteiger partial charge in [0.05, 0.1) is 31.5 Å². The molecule has 1 aliphatic carbocycles. The highest BCUT2D eigenvalue weighted by atomic mass is 16.7. The van der Waals surface area contributed by atoms with Crippen LogP contribution in [0.2, 0.25) is 0 Å². The number of ketones is 2. The van der Waals surface area contributed by atoms with Gasteiger partial charge in [-0.2, -0.15) is 9.98 Å². The molecule has 1 saturated heterocycles. The lowest BCUT2D eigenvalue weighted by atomic mass is 9.74. The maximum atomic E-state index is 14.7. The number of aliphatic imine (C=N–C) groups is 3. The molecular formula is C42H43N5O14. The van der Waals surface area contributed by atoms with E-state index in [2.05, 4.69) is 15.0 Å². The van der Waals surface area contributed by atoms with Gasteiger partial charge in [0, 0.05) is 46.9 Å². The van der Waals surface area contributed by atoms with Crippen LogP contribution in [-0.4, -0.2) is 142 Å². The minimum atomic E-state index is -1.89. The Hall–Kier alpha value is -5.77. The molecule has 8 atom stereocenters. The van der Waals surface area contributed by atoms with E-state index in [1.165, 1.54) is 24.3 Å².